The van der Waals surface area contributed by atoms with Crippen LogP contribution in [0.1, 0.15) is 35.3 Å². The van der Waals surface area contributed by atoms with Gasteiger partial charge >= 0.3 is 0 Å². The summed E-state index contributed by atoms with van der Waals surface area (Å²) in [7, 11) is 0. The first-order valence-corrected chi connectivity index (χ1v) is 14.7. The maximum Gasteiger partial charge on any atom is 0.217 e. The van der Waals surface area contributed by atoms with Crippen LogP contribution in [0.3, 0.4) is 0 Å². The summed E-state index contributed by atoms with van der Waals surface area (Å²) in [5.74, 6) is -0.257. The number of ether oxygens (including phenoxy) is 4. The van der Waals surface area contributed by atoms with E-state index in [0.717, 1.165) is 16.7 Å². The van der Waals surface area contributed by atoms with Gasteiger partial charge in [0.05, 0.1) is 32.5 Å². The molecular formula is C36H39NO6. The highest BCUT2D eigenvalue weighted by Crippen LogP contribution is 2.34. The number of hydrogen-bond acceptors (Lipinski definition) is 6. The molecule has 4 aromatic carbocycles. The van der Waals surface area contributed by atoms with Gasteiger partial charge < -0.3 is 29.4 Å². The number of rotatable bonds is 13. The fourth-order valence-electron chi connectivity index (χ4n) is 5.41. The number of hydrogen-bond donors (Lipinski definition) is 2. The van der Waals surface area contributed by atoms with Crippen molar-refractivity contribution in [2.75, 3.05) is 6.61 Å². The van der Waals surface area contributed by atoms with Crippen molar-refractivity contribution in [2.24, 2.45) is 0 Å². The second-order valence-corrected chi connectivity index (χ2v) is 10.7. The number of aliphatic hydroxyl groups excluding tert-OH is 1. The van der Waals surface area contributed by atoms with Crippen molar-refractivity contribution in [2.45, 2.75) is 63.3 Å². The number of aliphatic hydroxyl groups is 1. The summed E-state index contributed by atoms with van der Waals surface area (Å²) in [6, 6.07) is 38.3. The Kier molecular flexibility index (Phi) is 11.1. The second kappa shape index (κ2) is 15.6. The lowest BCUT2D eigenvalue weighted by Gasteiger charge is -2.48. The lowest BCUT2D eigenvalue weighted by atomic mass is 9.87. The molecular weight excluding hydrogens is 542 g/mol. The van der Waals surface area contributed by atoms with Gasteiger partial charge in [0.2, 0.25) is 5.91 Å². The normalized spacial score (nSPS) is 22.5. The van der Waals surface area contributed by atoms with Crippen LogP contribution in [0.25, 0.3) is 0 Å². The van der Waals surface area contributed by atoms with Gasteiger partial charge in [0.25, 0.3) is 0 Å². The van der Waals surface area contributed by atoms with Crippen LogP contribution in [0.4, 0.5) is 0 Å². The first-order chi connectivity index (χ1) is 21.1. The van der Waals surface area contributed by atoms with E-state index in [1.165, 1.54) is 6.92 Å². The van der Waals surface area contributed by atoms with Crippen molar-refractivity contribution >= 4 is 5.91 Å². The van der Waals surface area contributed by atoms with Crippen molar-refractivity contribution < 1.29 is 28.8 Å². The van der Waals surface area contributed by atoms with Gasteiger partial charge in [-0.25, -0.2) is 0 Å². The van der Waals surface area contributed by atoms with Crippen LogP contribution in [0.2, 0.25) is 0 Å². The van der Waals surface area contributed by atoms with E-state index in [1.54, 1.807) is 0 Å². The summed E-state index contributed by atoms with van der Waals surface area (Å²) < 4.78 is 26.0. The molecule has 7 nitrogen and oxygen atoms in total. The molecule has 1 aliphatic heterocycles. The van der Waals surface area contributed by atoms with Crippen LogP contribution < -0.4 is 5.32 Å². The quantitative estimate of drug-likeness (QED) is 0.221. The summed E-state index contributed by atoms with van der Waals surface area (Å²) in [6.07, 6.45) is -3.73. The van der Waals surface area contributed by atoms with Crippen LogP contribution in [0.15, 0.2) is 121 Å². The predicted molar refractivity (Wildman–Crippen MR) is 164 cm³/mol. The fourth-order valence-corrected chi connectivity index (χ4v) is 5.41. The molecule has 0 spiro atoms. The molecule has 43 heavy (non-hydrogen) atoms. The number of nitrogens with one attached hydrogen (secondary N) is 1. The van der Waals surface area contributed by atoms with E-state index in [-0.39, 0.29) is 12.5 Å². The topological polar surface area (TPSA) is 86.3 Å². The van der Waals surface area contributed by atoms with Crippen LogP contribution in [-0.2, 0) is 43.6 Å². The minimum Gasteiger partial charge on any atom is -0.386 e. The first kappa shape index (κ1) is 30.6. The van der Waals surface area contributed by atoms with Gasteiger partial charge in [-0.05, 0) is 22.3 Å². The van der Waals surface area contributed by atoms with Crippen molar-refractivity contribution in [1.29, 1.82) is 0 Å². The molecule has 1 unspecified atom stereocenters. The zero-order valence-corrected chi connectivity index (χ0v) is 24.3. The zero-order chi connectivity index (χ0) is 29.9. The highest BCUT2D eigenvalue weighted by atomic mass is 16.6. The molecule has 1 fully saturated rings. The number of amides is 1. The van der Waals surface area contributed by atoms with Gasteiger partial charge in [-0.15, -0.1) is 0 Å². The summed E-state index contributed by atoms with van der Waals surface area (Å²) in [4.78, 5) is 12.6. The fraction of sp³-hybridized carbons (Fsp3) is 0.306. The molecule has 7 heteroatoms. The summed E-state index contributed by atoms with van der Waals surface area (Å²) in [6.45, 7) is 2.65. The molecule has 1 saturated heterocycles. The van der Waals surface area contributed by atoms with E-state index in [1.807, 2.05) is 121 Å². The smallest absolute Gasteiger partial charge is 0.217 e. The van der Waals surface area contributed by atoms with E-state index >= 15 is 0 Å². The average Bonchev–Trinajstić information content (AvgIpc) is 3.05. The summed E-state index contributed by atoms with van der Waals surface area (Å²) in [5, 5.41) is 14.7. The van der Waals surface area contributed by atoms with Gasteiger partial charge in [0.1, 0.15) is 30.5 Å². The maximum absolute atomic E-state index is 12.6. The molecule has 0 bridgehead atoms. The van der Waals surface area contributed by atoms with E-state index in [2.05, 4.69) is 5.32 Å². The summed E-state index contributed by atoms with van der Waals surface area (Å²) >= 11 is 0. The number of carbonyl (C=O) groups is 1. The Labute approximate surface area is 253 Å². The van der Waals surface area contributed by atoms with Crippen LogP contribution in [0, 0.1) is 0 Å². The molecule has 2 N–H and O–H groups in total. The third-order valence-corrected chi connectivity index (χ3v) is 7.52. The average molecular weight is 582 g/mol. The Morgan fingerprint density at radius 3 is 1.70 bits per heavy atom. The molecule has 4 aromatic rings. The minimum atomic E-state index is -1.03. The molecule has 0 aliphatic carbocycles. The SMILES string of the molecule is CC(=O)N[C@@H]1[C@@H](OCc2ccccc2)[C@@H](OCc2ccccc2)[C@@H](COCc2ccccc2)O[C@H]1C(O)c1ccccc1. The van der Waals surface area contributed by atoms with E-state index < -0.39 is 36.6 Å². The second-order valence-electron chi connectivity index (χ2n) is 10.7. The monoisotopic (exact) mass is 581 g/mol. The van der Waals surface area contributed by atoms with Crippen LogP contribution in [0.5, 0.6) is 0 Å². The lowest BCUT2D eigenvalue weighted by Crippen LogP contribution is -2.66. The molecule has 1 heterocycles. The third kappa shape index (κ3) is 8.60. The van der Waals surface area contributed by atoms with E-state index in [9.17, 15) is 9.90 Å². The Hall–Kier alpha value is -3.85. The molecule has 0 radical (unpaired) electrons. The first-order valence-electron chi connectivity index (χ1n) is 14.7. The Balaban J connectivity index is 1.47. The molecule has 5 rings (SSSR count). The number of benzene rings is 4. The van der Waals surface area contributed by atoms with Crippen molar-refractivity contribution in [3.63, 3.8) is 0 Å². The lowest BCUT2D eigenvalue weighted by molar-refractivity contribution is -0.248. The Morgan fingerprint density at radius 1 is 0.721 bits per heavy atom. The van der Waals surface area contributed by atoms with Gasteiger partial charge in [-0.2, -0.15) is 0 Å². The van der Waals surface area contributed by atoms with Gasteiger partial charge in [-0.3, -0.25) is 4.79 Å². The Bertz CT molecular complexity index is 1370. The van der Waals surface area contributed by atoms with Crippen molar-refractivity contribution in [3.8, 4) is 0 Å². The minimum absolute atomic E-state index is 0.199. The van der Waals surface area contributed by atoms with Crippen LogP contribution in [-0.4, -0.2) is 48.1 Å². The maximum atomic E-state index is 12.6. The standard InChI is InChI=1S/C36H39NO6/c1-26(38)37-32-35(33(39)30-20-12-5-13-21-30)43-31(25-40-22-27-14-6-2-7-15-27)34(41-23-28-16-8-3-9-17-28)36(32)42-24-29-18-10-4-11-19-29/h2-21,31-36,39H,22-25H2,1H3,(H,37,38)/t31-,32+,33?,34+,35-,36-/m1/s1. The van der Waals surface area contributed by atoms with E-state index in [0.29, 0.717) is 25.4 Å². The Morgan fingerprint density at radius 2 is 1.19 bits per heavy atom. The largest absolute Gasteiger partial charge is 0.386 e. The van der Waals surface area contributed by atoms with Crippen molar-refractivity contribution in [3.05, 3.63) is 144 Å². The van der Waals surface area contributed by atoms with Crippen molar-refractivity contribution in [1.82, 2.24) is 5.32 Å². The molecule has 1 amide bonds. The number of carbonyl (C=O) groups excluding carboxylic acids is 1. The molecule has 224 valence electrons. The zero-order valence-electron chi connectivity index (χ0n) is 24.3. The van der Waals surface area contributed by atoms with Gasteiger partial charge in [0, 0.05) is 6.92 Å². The predicted octanol–water partition coefficient (Wildman–Crippen LogP) is 5.38. The highest BCUT2D eigenvalue weighted by molar-refractivity contribution is 5.73. The van der Waals surface area contributed by atoms with Gasteiger partial charge in [0.15, 0.2) is 0 Å². The summed E-state index contributed by atoms with van der Waals surface area (Å²) in [5.41, 5.74) is 3.69. The van der Waals surface area contributed by atoms with Gasteiger partial charge in [-0.1, -0.05) is 121 Å². The molecule has 1 aliphatic rings. The molecule has 0 saturated carbocycles. The van der Waals surface area contributed by atoms with Crippen LogP contribution >= 0.6 is 0 Å². The molecule has 6 atom stereocenters. The molecule has 0 aromatic heterocycles. The third-order valence-electron chi connectivity index (χ3n) is 7.52. The highest BCUT2D eigenvalue weighted by Gasteiger charge is 2.50. The van der Waals surface area contributed by atoms with E-state index in [4.69, 9.17) is 18.9 Å².